The Balaban J connectivity index is 0.914. The zero-order chi connectivity index (χ0) is 74.2. The molecule has 5 saturated carbocycles. The van der Waals surface area contributed by atoms with Crippen LogP contribution in [0, 0.1) is 50.2 Å². The van der Waals surface area contributed by atoms with Crippen LogP contribution < -0.4 is 0 Å². The third kappa shape index (κ3) is 12.6. The number of carbonyl (C=O) groups excluding carboxylic acids is 2. The van der Waals surface area contributed by atoms with E-state index in [0.29, 0.717) is 44.1 Å². The molecule has 1 spiro atoms. The lowest BCUT2D eigenvalue weighted by molar-refractivity contribution is -0.411. The molecule has 6 saturated heterocycles. The van der Waals surface area contributed by atoms with Crippen LogP contribution in [0.4, 0.5) is 0 Å². The van der Waals surface area contributed by atoms with Crippen LogP contribution in [0.15, 0.2) is 23.3 Å². The number of aliphatic hydroxyl groups is 15. The van der Waals surface area contributed by atoms with Gasteiger partial charge in [-0.2, -0.15) is 0 Å². The van der Waals surface area contributed by atoms with Crippen LogP contribution in [0.2, 0.25) is 0 Å². The first-order chi connectivity index (χ1) is 47.2. The molecule has 6 heterocycles. The molecule has 0 radical (unpaired) electrons. The number of esters is 2. The summed E-state index contributed by atoms with van der Waals surface area (Å²) in [4.78, 5) is 41.3. The summed E-state index contributed by atoms with van der Waals surface area (Å²) in [5.41, 5.74) is -6.00. The first-order valence-electron chi connectivity index (χ1n) is 35.4. The van der Waals surface area contributed by atoms with Crippen molar-refractivity contribution >= 4 is 17.9 Å². The lowest BCUT2D eigenvalue weighted by atomic mass is 9.30. The largest absolute Gasteiger partial charge is 0.479 e. The van der Waals surface area contributed by atoms with Gasteiger partial charge in [0.25, 0.3) is 0 Å². The molecule has 16 N–H and O–H groups in total. The van der Waals surface area contributed by atoms with Crippen molar-refractivity contribution in [2.75, 3.05) is 19.8 Å². The molecule has 2 unspecified atom stereocenters. The van der Waals surface area contributed by atoms with Gasteiger partial charge in [0.15, 0.2) is 49.9 Å². The highest BCUT2D eigenvalue weighted by molar-refractivity contribution is 5.89. The number of carbonyl (C=O) groups is 3. The molecular formula is C69H108O32. The zero-order valence-corrected chi connectivity index (χ0v) is 59.1. The fourth-order valence-electron chi connectivity index (χ4n) is 20.4. The standard InChI is InChI=1S/C69H108O32/c1-13-26(3)55(86)99-52-53(100-56(87)27(4)14-2)69-34(21-63(52,6)7)68(101-62(69)88)20-16-33-65(10)18-17-36(64(8,9)32(65)15-19-66(33,11)67(68,12)22-35(69)73)93-61-51(98-58-45(82)41(78)39(76)30(23-70)91-58)47(46(83)48(95-61)54(84)85)94-60-50(43(80)40(77)31(24-71)92-60)97-59-49(42(79)37(74)28(5)90-59)96-57-44(81)38(75)29(72)25-89-57/h13-14,28-53,57-62,70-83,88H,15-25H2,1-12H3,(H,84,85)/b26-13-,27-14-/t28-,29+,30+,31+,32-,33+,34-,35+,36?,37-,38-,39-,40-,41-,42+,43-,44+,45+,46-,47-,48-,49+,50+,51+,52-,53-,57-,58-,59-,60-,61+,62?,65-,66+,67-,68-,69+/m0/s1. The van der Waals surface area contributed by atoms with Gasteiger partial charge in [-0.3, -0.25) is 0 Å². The van der Waals surface area contributed by atoms with Crippen LogP contribution in [0.5, 0.6) is 0 Å². The summed E-state index contributed by atoms with van der Waals surface area (Å²) in [6.45, 7) is 19.8. The molecule has 37 atom stereocenters. The van der Waals surface area contributed by atoms with Gasteiger partial charge in [0.1, 0.15) is 110 Å². The van der Waals surface area contributed by atoms with Gasteiger partial charge in [0, 0.05) is 27.9 Å². The number of ether oxygens (including phenoxy) is 13. The summed E-state index contributed by atoms with van der Waals surface area (Å²) in [7, 11) is 0. The summed E-state index contributed by atoms with van der Waals surface area (Å²) < 4.78 is 81.5. The van der Waals surface area contributed by atoms with E-state index >= 15 is 0 Å². The Morgan fingerprint density at radius 3 is 1.64 bits per heavy atom. The molecule has 6 aliphatic heterocycles. The number of hydrogen-bond acceptors (Lipinski definition) is 31. The van der Waals surface area contributed by atoms with Crippen LogP contribution in [0.3, 0.4) is 0 Å². The second-order valence-electron chi connectivity index (χ2n) is 32.3. The smallest absolute Gasteiger partial charge is 0.335 e. The highest BCUT2D eigenvalue weighted by Crippen LogP contribution is 2.82. The molecule has 0 aromatic rings. The SMILES string of the molecule is C/C=C(/C)C(=O)O[C@H]1[C@H](OC(=O)/C(C)=C\C)[C@]23C(O)O[C@@]4(CC[C@@H]5[C@@]6(C)CCC(O[C@@H]7O[C@H](C(=O)O)[C@@H](O)[C@H](O[C@@H]8O[C@H](CO)[C@H](O)[C@H](O)[C@H]8O[C@@H]8O[C@@H](C)[C@H](O)[C@@H](O)[C@H]8O[C@@H]8OC[C@@H](O)[C@H](O)[C@H]8O)[C@H]7O[C@@H]7O[C@H](CO)[C@H](O)[C@H](O)[C@H]7O)C(C)(C)[C@@H]6CC[C@@]5(C)[C@]4(C)C[C@H]2O)[C@@H]3CC1(C)C. The van der Waals surface area contributed by atoms with Crippen molar-refractivity contribution in [1.82, 2.24) is 0 Å². The average Bonchev–Trinajstić information content (AvgIpc) is 1.50. The number of aliphatic hydroxyl groups excluding tert-OH is 15. The first-order valence-corrected chi connectivity index (χ1v) is 35.4. The van der Waals surface area contributed by atoms with Gasteiger partial charge in [0.2, 0.25) is 0 Å². The Hall–Kier alpha value is -3.15. The molecule has 0 amide bonds. The minimum atomic E-state index is -2.37. The van der Waals surface area contributed by atoms with E-state index in [1.807, 2.05) is 27.7 Å². The Kier molecular flexibility index (Phi) is 22.5. The average molecular weight is 1450 g/mol. The molecule has 101 heavy (non-hydrogen) atoms. The molecule has 32 heteroatoms. The molecular weight excluding hydrogens is 1340 g/mol. The van der Waals surface area contributed by atoms with E-state index in [2.05, 4.69) is 20.8 Å². The Bertz CT molecular complexity index is 3040. The summed E-state index contributed by atoms with van der Waals surface area (Å²) in [5, 5.41) is 181. The highest BCUT2D eigenvalue weighted by Gasteiger charge is 2.86. The highest BCUT2D eigenvalue weighted by atomic mass is 16.8. The van der Waals surface area contributed by atoms with Crippen LogP contribution in [0.1, 0.15) is 134 Å². The zero-order valence-electron chi connectivity index (χ0n) is 59.1. The van der Waals surface area contributed by atoms with Crippen LogP contribution in [0.25, 0.3) is 0 Å². The van der Waals surface area contributed by atoms with Gasteiger partial charge in [-0.15, -0.1) is 0 Å². The van der Waals surface area contributed by atoms with Gasteiger partial charge >= 0.3 is 17.9 Å². The summed E-state index contributed by atoms with van der Waals surface area (Å²) in [6.07, 6.45) is -46.9. The topological polar surface area (TPSA) is 495 Å². The van der Waals surface area contributed by atoms with Crippen molar-refractivity contribution in [1.29, 1.82) is 0 Å². The van der Waals surface area contributed by atoms with Gasteiger partial charge in [-0.25, -0.2) is 14.4 Å². The Labute approximate surface area is 585 Å². The number of carboxylic acids is 1. The fraction of sp³-hybridized carbons (Fsp3) is 0.899. The van der Waals surface area contributed by atoms with Gasteiger partial charge < -0.3 is 143 Å². The second-order valence-corrected chi connectivity index (χ2v) is 32.3. The van der Waals surface area contributed by atoms with E-state index in [1.54, 1.807) is 39.8 Å². The molecule has 576 valence electrons. The molecule has 0 aromatic heterocycles. The van der Waals surface area contributed by atoms with E-state index in [1.165, 1.54) is 6.92 Å². The van der Waals surface area contributed by atoms with Crippen molar-refractivity contribution in [2.24, 2.45) is 50.2 Å². The fourth-order valence-corrected chi connectivity index (χ4v) is 20.4. The van der Waals surface area contributed by atoms with Crippen molar-refractivity contribution in [2.45, 2.75) is 318 Å². The van der Waals surface area contributed by atoms with Crippen molar-refractivity contribution < 1.29 is 158 Å². The summed E-state index contributed by atoms with van der Waals surface area (Å²) in [5.74, 6) is -4.05. The molecule has 0 aromatic carbocycles. The normalized spacial score (nSPS) is 52.6. The summed E-state index contributed by atoms with van der Waals surface area (Å²) >= 11 is 0. The number of allylic oxidation sites excluding steroid dienone is 2. The number of rotatable bonds is 17. The van der Waals surface area contributed by atoms with Crippen molar-refractivity contribution in [3.63, 3.8) is 0 Å². The third-order valence-electron chi connectivity index (χ3n) is 26.5. The molecule has 5 aliphatic carbocycles. The van der Waals surface area contributed by atoms with Crippen LogP contribution in [-0.4, -0.2) is 303 Å². The quantitative estimate of drug-likeness (QED) is 0.0407. The monoisotopic (exact) mass is 1450 g/mol. The van der Waals surface area contributed by atoms with Gasteiger partial charge in [-0.05, 0) is 114 Å². The van der Waals surface area contributed by atoms with Crippen LogP contribution in [-0.2, 0) is 76.0 Å². The van der Waals surface area contributed by atoms with E-state index in [9.17, 15) is 96.1 Å². The maximum atomic E-state index is 14.1. The lowest BCUT2D eigenvalue weighted by Crippen LogP contribution is -2.77. The maximum absolute atomic E-state index is 14.1. The number of aliphatic carboxylic acids is 1. The lowest BCUT2D eigenvalue weighted by Gasteiger charge is -2.75. The van der Waals surface area contributed by atoms with Crippen LogP contribution >= 0.6 is 0 Å². The summed E-state index contributed by atoms with van der Waals surface area (Å²) in [6, 6.07) is 0. The van der Waals surface area contributed by atoms with Crippen molar-refractivity contribution in [3.05, 3.63) is 23.3 Å². The second kappa shape index (κ2) is 28.8. The maximum Gasteiger partial charge on any atom is 0.335 e. The first kappa shape index (κ1) is 78.9. The van der Waals surface area contributed by atoms with Gasteiger partial charge in [0.05, 0.1) is 49.1 Å². The van der Waals surface area contributed by atoms with Crippen molar-refractivity contribution in [3.8, 4) is 0 Å². The Morgan fingerprint density at radius 2 is 1.04 bits per heavy atom. The van der Waals surface area contributed by atoms with E-state index in [4.69, 9.17) is 61.6 Å². The Morgan fingerprint density at radius 1 is 0.515 bits per heavy atom. The minimum absolute atomic E-state index is 0.1000. The minimum Gasteiger partial charge on any atom is -0.479 e. The van der Waals surface area contributed by atoms with E-state index < -0.39 is 260 Å². The molecule has 11 rings (SSSR count). The molecule has 11 fully saturated rings. The van der Waals surface area contributed by atoms with Gasteiger partial charge in [-0.1, -0.05) is 60.6 Å². The molecule has 2 bridgehead atoms. The molecule has 32 nitrogen and oxygen atoms in total. The van der Waals surface area contributed by atoms with E-state index in [-0.39, 0.29) is 30.3 Å². The number of carboxylic acid groups (broad SMARTS) is 1. The predicted octanol–water partition coefficient (Wildman–Crippen LogP) is -2.47. The predicted molar refractivity (Wildman–Crippen MR) is 338 cm³/mol. The number of hydrogen-bond donors (Lipinski definition) is 16. The molecule has 11 aliphatic rings. The number of fused-ring (bicyclic) bond motifs is 4. The third-order valence-corrected chi connectivity index (χ3v) is 26.5. The van der Waals surface area contributed by atoms with E-state index in [0.717, 1.165) is 0 Å².